The molecule has 2 aromatic rings. The fourth-order valence-corrected chi connectivity index (χ4v) is 2.84. The van der Waals surface area contributed by atoms with Gasteiger partial charge in [-0.15, -0.1) is 11.3 Å². The van der Waals surface area contributed by atoms with E-state index in [0.717, 1.165) is 0 Å². The van der Waals surface area contributed by atoms with Gasteiger partial charge in [0.25, 0.3) is 0 Å². The molecule has 0 aliphatic heterocycles. The van der Waals surface area contributed by atoms with Crippen molar-refractivity contribution in [3.63, 3.8) is 0 Å². The fraction of sp³-hybridized carbons (Fsp3) is 0.286. The van der Waals surface area contributed by atoms with Gasteiger partial charge in [0.15, 0.2) is 5.69 Å². The molecule has 0 bridgehead atoms. The molecule has 0 aliphatic rings. The van der Waals surface area contributed by atoms with Crippen LogP contribution >= 0.6 is 11.3 Å². The third-order valence-electron chi connectivity index (χ3n) is 2.84. The van der Waals surface area contributed by atoms with Crippen molar-refractivity contribution in [2.75, 3.05) is 5.32 Å². The number of nitrogens with zero attached hydrogens (tertiary/aromatic N) is 1. The van der Waals surface area contributed by atoms with Crippen LogP contribution in [0, 0.1) is 5.92 Å². The number of hydrogen-bond acceptors (Lipinski definition) is 4. The molecule has 0 amide bonds. The van der Waals surface area contributed by atoms with E-state index in [4.69, 9.17) is 5.11 Å². The predicted molar refractivity (Wildman–Crippen MR) is 76.7 cm³/mol. The summed E-state index contributed by atoms with van der Waals surface area (Å²) in [5, 5.41) is 14.5. The topological polar surface area (TPSA) is 62.2 Å². The average molecular weight is 276 g/mol. The minimum atomic E-state index is -1.02. The Balaban J connectivity index is 2.30. The van der Waals surface area contributed by atoms with Crippen molar-refractivity contribution in [1.29, 1.82) is 0 Å². The molecule has 2 rings (SSSR count). The lowest BCUT2D eigenvalue weighted by Crippen LogP contribution is -2.18. The zero-order chi connectivity index (χ0) is 13.8. The van der Waals surface area contributed by atoms with E-state index < -0.39 is 5.97 Å². The molecule has 5 heteroatoms. The van der Waals surface area contributed by atoms with Crippen LogP contribution in [0.25, 0.3) is 0 Å². The molecule has 0 aliphatic carbocycles. The molecule has 2 aromatic heterocycles. The summed E-state index contributed by atoms with van der Waals surface area (Å²) in [7, 11) is 0. The van der Waals surface area contributed by atoms with E-state index in [0.29, 0.717) is 11.6 Å². The van der Waals surface area contributed by atoms with Gasteiger partial charge in [-0.25, -0.2) is 9.78 Å². The fourth-order valence-electron chi connectivity index (χ4n) is 1.89. The summed E-state index contributed by atoms with van der Waals surface area (Å²) >= 11 is 1.66. The summed E-state index contributed by atoms with van der Waals surface area (Å²) in [5.74, 6) is -0.669. The molecule has 19 heavy (non-hydrogen) atoms. The number of rotatable bonds is 5. The van der Waals surface area contributed by atoms with E-state index in [1.54, 1.807) is 23.5 Å². The first-order valence-corrected chi connectivity index (χ1v) is 6.96. The van der Waals surface area contributed by atoms with Gasteiger partial charge >= 0.3 is 5.97 Å². The summed E-state index contributed by atoms with van der Waals surface area (Å²) in [6.45, 7) is 4.21. The SMILES string of the molecule is CC(C)C(Nc1cccnc1C(=O)O)c1cccs1. The lowest BCUT2D eigenvalue weighted by molar-refractivity contribution is 0.0691. The zero-order valence-corrected chi connectivity index (χ0v) is 11.6. The van der Waals surface area contributed by atoms with Crippen LogP contribution in [0.2, 0.25) is 0 Å². The zero-order valence-electron chi connectivity index (χ0n) is 10.8. The van der Waals surface area contributed by atoms with Gasteiger partial charge in [0.1, 0.15) is 0 Å². The molecule has 0 saturated carbocycles. The Kier molecular flexibility index (Phi) is 4.16. The van der Waals surface area contributed by atoms with Gasteiger partial charge in [-0.1, -0.05) is 19.9 Å². The van der Waals surface area contributed by atoms with Crippen molar-refractivity contribution in [2.45, 2.75) is 19.9 Å². The van der Waals surface area contributed by atoms with Crippen molar-refractivity contribution >= 4 is 23.0 Å². The summed E-state index contributed by atoms with van der Waals surface area (Å²) in [4.78, 5) is 16.3. The minimum Gasteiger partial charge on any atom is -0.476 e. The van der Waals surface area contributed by atoms with Crippen molar-refractivity contribution in [3.8, 4) is 0 Å². The Hall–Kier alpha value is -1.88. The molecule has 0 saturated heterocycles. The maximum absolute atomic E-state index is 11.2. The Labute approximate surface area is 116 Å². The Bertz CT molecular complexity index is 552. The quantitative estimate of drug-likeness (QED) is 0.875. The van der Waals surface area contributed by atoms with E-state index in [1.807, 2.05) is 11.4 Å². The predicted octanol–water partition coefficient (Wildman–Crippen LogP) is 3.65. The van der Waals surface area contributed by atoms with E-state index in [1.165, 1.54) is 11.1 Å². The number of carbonyl (C=O) groups is 1. The number of pyridine rings is 1. The lowest BCUT2D eigenvalue weighted by Gasteiger charge is -2.23. The maximum Gasteiger partial charge on any atom is 0.356 e. The van der Waals surface area contributed by atoms with Crippen LogP contribution in [0.1, 0.15) is 35.3 Å². The number of hydrogen-bond donors (Lipinski definition) is 2. The van der Waals surface area contributed by atoms with Crippen molar-refractivity contribution in [3.05, 3.63) is 46.4 Å². The summed E-state index contributed by atoms with van der Waals surface area (Å²) in [5.41, 5.74) is 0.617. The Morgan fingerprint density at radius 1 is 1.37 bits per heavy atom. The smallest absolute Gasteiger partial charge is 0.356 e. The summed E-state index contributed by atoms with van der Waals surface area (Å²) in [6.07, 6.45) is 1.49. The Morgan fingerprint density at radius 3 is 2.74 bits per heavy atom. The largest absolute Gasteiger partial charge is 0.476 e. The molecule has 0 spiro atoms. The second kappa shape index (κ2) is 5.84. The molecular weight excluding hydrogens is 260 g/mol. The highest BCUT2D eigenvalue weighted by molar-refractivity contribution is 7.10. The molecule has 2 heterocycles. The number of anilines is 1. The number of aromatic nitrogens is 1. The van der Waals surface area contributed by atoms with Crippen molar-refractivity contribution in [1.82, 2.24) is 4.98 Å². The minimum absolute atomic E-state index is 0.0599. The monoisotopic (exact) mass is 276 g/mol. The standard InChI is InChI=1S/C14H16N2O2S/c1-9(2)12(11-6-4-8-19-11)16-10-5-3-7-15-13(10)14(17)18/h3-9,12,16H,1-2H3,(H,17,18). The number of carboxylic acid groups (broad SMARTS) is 1. The number of carboxylic acids is 1. The number of aromatic carboxylic acids is 1. The first-order chi connectivity index (χ1) is 9.09. The Morgan fingerprint density at radius 2 is 2.16 bits per heavy atom. The highest BCUT2D eigenvalue weighted by Gasteiger charge is 2.20. The van der Waals surface area contributed by atoms with E-state index >= 15 is 0 Å². The lowest BCUT2D eigenvalue weighted by atomic mass is 10.0. The van der Waals surface area contributed by atoms with Gasteiger partial charge in [-0.05, 0) is 29.5 Å². The van der Waals surface area contributed by atoms with E-state index in [9.17, 15) is 4.79 Å². The van der Waals surface area contributed by atoms with Gasteiger partial charge in [0, 0.05) is 11.1 Å². The molecule has 0 radical (unpaired) electrons. The van der Waals surface area contributed by atoms with Crippen LogP contribution in [0.3, 0.4) is 0 Å². The summed E-state index contributed by atoms with van der Waals surface area (Å²) < 4.78 is 0. The highest BCUT2D eigenvalue weighted by atomic mass is 32.1. The van der Waals surface area contributed by atoms with Crippen LogP contribution < -0.4 is 5.32 Å². The van der Waals surface area contributed by atoms with Gasteiger partial charge in [0.2, 0.25) is 0 Å². The van der Waals surface area contributed by atoms with Crippen LogP contribution in [0.15, 0.2) is 35.8 Å². The normalized spacial score (nSPS) is 12.4. The van der Waals surface area contributed by atoms with Gasteiger partial charge in [-0.2, -0.15) is 0 Å². The third kappa shape index (κ3) is 3.12. The van der Waals surface area contributed by atoms with Crippen molar-refractivity contribution < 1.29 is 9.90 Å². The van der Waals surface area contributed by atoms with Crippen LogP contribution in [-0.2, 0) is 0 Å². The van der Waals surface area contributed by atoms with E-state index in [2.05, 4.69) is 30.2 Å². The van der Waals surface area contributed by atoms with Gasteiger partial charge in [0.05, 0.1) is 11.7 Å². The van der Waals surface area contributed by atoms with Crippen LogP contribution in [0.5, 0.6) is 0 Å². The summed E-state index contributed by atoms with van der Waals surface area (Å²) in [6, 6.07) is 7.62. The van der Waals surface area contributed by atoms with Crippen LogP contribution in [0.4, 0.5) is 5.69 Å². The second-order valence-corrected chi connectivity index (χ2v) is 5.57. The van der Waals surface area contributed by atoms with Gasteiger partial charge in [-0.3, -0.25) is 0 Å². The molecule has 4 nitrogen and oxygen atoms in total. The number of thiophene rings is 1. The highest BCUT2D eigenvalue weighted by Crippen LogP contribution is 2.30. The molecule has 1 unspecified atom stereocenters. The molecule has 0 aromatic carbocycles. The maximum atomic E-state index is 11.2. The second-order valence-electron chi connectivity index (χ2n) is 4.59. The number of nitrogens with one attached hydrogen (secondary N) is 1. The first-order valence-electron chi connectivity index (χ1n) is 6.08. The first kappa shape index (κ1) is 13.5. The van der Waals surface area contributed by atoms with Crippen molar-refractivity contribution in [2.24, 2.45) is 5.92 Å². The van der Waals surface area contributed by atoms with Gasteiger partial charge < -0.3 is 10.4 Å². The third-order valence-corrected chi connectivity index (χ3v) is 3.79. The van der Waals surface area contributed by atoms with E-state index in [-0.39, 0.29) is 11.7 Å². The molecule has 0 fully saturated rings. The average Bonchev–Trinajstić information content (AvgIpc) is 2.89. The molecule has 1 atom stereocenters. The molecule has 2 N–H and O–H groups in total. The molecular formula is C14H16N2O2S. The van der Waals surface area contributed by atoms with Crippen LogP contribution in [-0.4, -0.2) is 16.1 Å². The molecule has 100 valence electrons.